The van der Waals surface area contributed by atoms with Crippen molar-refractivity contribution in [3.05, 3.63) is 28.8 Å². The third-order valence-electron chi connectivity index (χ3n) is 4.01. The van der Waals surface area contributed by atoms with Gasteiger partial charge in [-0.25, -0.2) is 0 Å². The van der Waals surface area contributed by atoms with Crippen molar-refractivity contribution >= 4 is 17.3 Å². The molecule has 1 aromatic rings. The summed E-state index contributed by atoms with van der Waals surface area (Å²) in [6.45, 7) is 6.62. The zero-order valence-electron chi connectivity index (χ0n) is 12.8. The number of rotatable bonds is 5. The summed E-state index contributed by atoms with van der Waals surface area (Å²) in [4.78, 5) is 4.66. The standard InChI is InChI=1S/C16H26ClN3/c1-4-5-16(20-10-8-18-9-11-20)14-7-6-13(19(2)3)12-15(14)17/h6-7,12,16,18H,4-5,8-11H2,1-3H3/t16-/m1/s1. The fraction of sp³-hybridized carbons (Fsp3) is 0.625. The summed E-state index contributed by atoms with van der Waals surface area (Å²) in [5.74, 6) is 0. The molecule has 4 heteroatoms. The highest BCUT2D eigenvalue weighted by molar-refractivity contribution is 6.31. The van der Waals surface area contributed by atoms with Crippen LogP contribution >= 0.6 is 11.6 Å². The lowest BCUT2D eigenvalue weighted by molar-refractivity contribution is 0.164. The first-order valence-corrected chi connectivity index (χ1v) is 7.92. The van der Waals surface area contributed by atoms with E-state index in [9.17, 15) is 0 Å². The Morgan fingerprint density at radius 3 is 2.55 bits per heavy atom. The highest BCUT2D eigenvalue weighted by Crippen LogP contribution is 2.33. The molecule has 0 aromatic heterocycles. The maximum absolute atomic E-state index is 6.55. The Bertz CT molecular complexity index is 428. The normalized spacial score (nSPS) is 18.0. The third kappa shape index (κ3) is 3.66. The highest BCUT2D eigenvalue weighted by Gasteiger charge is 2.23. The van der Waals surface area contributed by atoms with Gasteiger partial charge in [0.1, 0.15) is 0 Å². The summed E-state index contributed by atoms with van der Waals surface area (Å²) in [6, 6.07) is 6.92. The fourth-order valence-corrected chi connectivity index (χ4v) is 3.17. The van der Waals surface area contributed by atoms with Crippen LogP contribution < -0.4 is 10.2 Å². The molecule has 0 spiro atoms. The molecule has 1 fully saturated rings. The second-order valence-electron chi connectivity index (χ2n) is 5.69. The summed E-state index contributed by atoms with van der Waals surface area (Å²) in [7, 11) is 4.09. The summed E-state index contributed by atoms with van der Waals surface area (Å²) in [5, 5.41) is 4.32. The van der Waals surface area contributed by atoms with Crippen LogP contribution in [0, 0.1) is 0 Å². The molecule has 3 nitrogen and oxygen atoms in total. The zero-order valence-corrected chi connectivity index (χ0v) is 13.6. The van der Waals surface area contributed by atoms with Gasteiger partial charge in [0.2, 0.25) is 0 Å². The van der Waals surface area contributed by atoms with Crippen LogP contribution in [0.5, 0.6) is 0 Å². The molecule has 1 saturated heterocycles. The molecule has 20 heavy (non-hydrogen) atoms. The summed E-state index contributed by atoms with van der Waals surface area (Å²) in [5.41, 5.74) is 2.44. The first-order valence-electron chi connectivity index (χ1n) is 7.55. The number of benzene rings is 1. The van der Waals surface area contributed by atoms with E-state index in [1.807, 2.05) is 14.1 Å². The Labute approximate surface area is 127 Å². The van der Waals surface area contributed by atoms with Crippen molar-refractivity contribution in [2.45, 2.75) is 25.8 Å². The molecule has 1 aliphatic heterocycles. The number of piperazine rings is 1. The van der Waals surface area contributed by atoms with Crippen molar-refractivity contribution in [3.8, 4) is 0 Å². The van der Waals surface area contributed by atoms with Gasteiger partial charge >= 0.3 is 0 Å². The maximum Gasteiger partial charge on any atom is 0.0474 e. The van der Waals surface area contributed by atoms with E-state index in [0.29, 0.717) is 6.04 Å². The molecule has 0 saturated carbocycles. The van der Waals surface area contributed by atoms with Crippen LogP contribution in [0.2, 0.25) is 5.02 Å². The van der Waals surface area contributed by atoms with Crippen molar-refractivity contribution in [2.75, 3.05) is 45.2 Å². The van der Waals surface area contributed by atoms with Gasteiger partial charge in [0.25, 0.3) is 0 Å². The van der Waals surface area contributed by atoms with E-state index in [-0.39, 0.29) is 0 Å². The zero-order chi connectivity index (χ0) is 14.5. The smallest absolute Gasteiger partial charge is 0.0474 e. The summed E-state index contributed by atoms with van der Waals surface area (Å²) in [6.07, 6.45) is 2.35. The fourth-order valence-electron chi connectivity index (χ4n) is 2.87. The molecule has 112 valence electrons. The molecule has 0 bridgehead atoms. The molecule has 1 aliphatic rings. The summed E-state index contributed by atoms with van der Waals surface area (Å²) >= 11 is 6.55. The van der Waals surface area contributed by atoms with Gasteiger partial charge in [-0.05, 0) is 24.1 Å². The molecule has 0 radical (unpaired) electrons. The Morgan fingerprint density at radius 1 is 1.30 bits per heavy atom. The minimum Gasteiger partial charge on any atom is -0.378 e. The number of halogens is 1. The number of nitrogens with one attached hydrogen (secondary N) is 1. The largest absolute Gasteiger partial charge is 0.378 e. The number of anilines is 1. The maximum atomic E-state index is 6.55. The molecule has 0 unspecified atom stereocenters. The van der Waals surface area contributed by atoms with Crippen molar-refractivity contribution in [1.82, 2.24) is 10.2 Å². The average Bonchev–Trinajstić information content (AvgIpc) is 2.46. The van der Waals surface area contributed by atoms with Crippen LogP contribution in [0.25, 0.3) is 0 Å². The Balaban J connectivity index is 2.24. The topological polar surface area (TPSA) is 18.5 Å². The Hall–Kier alpha value is -0.770. The Morgan fingerprint density at radius 2 is 2.00 bits per heavy atom. The van der Waals surface area contributed by atoms with E-state index in [1.165, 1.54) is 18.4 Å². The number of nitrogens with zero attached hydrogens (tertiary/aromatic N) is 2. The average molecular weight is 296 g/mol. The van der Waals surface area contributed by atoms with E-state index in [1.54, 1.807) is 0 Å². The number of hydrogen-bond acceptors (Lipinski definition) is 3. The minimum absolute atomic E-state index is 0.450. The lowest BCUT2D eigenvalue weighted by Crippen LogP contribution is -2.45. The molecular formula is C16H26ClN3. The van der Waals surface area contributed by atoms with E-state index >= 15 is 0 Å². The van der Waals surface area contributed by atoms with Crippen molar-refractivity contribution in [3.63, 3.8) is 0 Å². The molecular weight excluding hydrogens is 270 g/mol. The lowest BCUT2D eigenvalue weighted by atomic mass is 9.99. The van der Waals surface area contributed by atoms with Crippen molar-refractivity contribution in [2.24, 2.45) is 0 Å². The van der Waals surface area contributed by atoms with Crippen molar-refractivity contribution in [1.29, 1.82) is 0 Å². The first-order chi connectivity index (χ1) is 9.63. The molecule has 1 atom stereocenters. The van der Waals surface area contributed by atoms with Crippen LogP contribution in [0.1, 0.15) is 31.4 Å². The van der Waals surface area contributed by atoms with Gasteiger partial charge in [-0.3, -0.25) is 4.90 Å². The van der Waals surface area contributed by atoms with Crippen LogP contribution in [-0.4, -0.2) is 45.2 Å². The highest BCUT2D eigenvalue weighted by atomic mass is 35.5. The van der Waals surface area contributed by atoms with Crippen LogP contribution in [-0.2, 0) is 0 Å². The molecule has 1 N–H and O–H groups in total. The molecule has 1 aromatic carbocycles. The third-order valence-corrected chi connectivity index (χ3v) is 4.34. The van der Waals surface area contributed by atoms with Gasteiger partial charge in [-0.1, -0.05) is 31.0 Å². The van der Waals surface area contributed by atoms with Gasteiger partial charge in [0.15, 0.2) is 0 Å². The predicted octanol–water partition coefficient (Wildman–Crippen LogP) is 3.15. The minimum atomic E-state index is 0.450. The van der Waals surface area contributed by atoms with Gasteiger partial charge in [-0.2, -0.15) is 0 Å². The molecule has 2 rings (SSSR count). The van der Waals surface area contributed by atoms with E-state index in [2.05, 4.69) is 40.2 Å². The van der Waals surface area contributed by atoms with Gasteiger partial charge in [0.05, 0.1) is 0 Å². The SMILES string of the molecule is CCC[C@H](c1ccc(N(C)C)cc1Cl)N1CCNCC1. The molecule has 0 amide bonds. The van der Waals surface area contributed by atoms with Gasteiger partial charge in [0, 0.05) is 57.0 Å². The first kappa shape index (κ1) is 15.6. The summed E-state index contributed by atoms with van der Waals surface area (Å²) < 4.78 is 0. The van der Waals surface area contributed by atoms with E-state index < -0.39 is 0 Å². The van der Waals surface area contributed by atoms with Crippen LogP contribution in [0.15, 0.2) is 18.2 Å². The van der Waals surface area contributed by atoms with E-state index in [0.717, 1.165) is 36.9 Å². The van der Waals surface area contributed by atoms with E-state index in [4.69, 9.17) is 11.6 Å². The van der Waals surface area contributed by atoms with Gasteiger partial charge < -0.3 is 10.2 Å². The monoisotopic (exact) mass is 295 g/mol. The van der Waals surface area contributed by atoms with Crippen LogP contribution in [0.3, 0.4) is 0 Å². The second kappa shape index (κ2) is 7.30. The van der Waals surface area contributed by atoms with Gasteiger partial charge in [-0.15, -0.1) is 0 Å². The van der Waals surface area contributed by atoms with Crippen LogP contribution in [0.4, 0.5) is 5.69 Å². The molecule has 0 aliphatic carbocycles. The van der Waals surface area contributed by atoms with Crippen molar-refractivity contribution < 1.29 is 0 Å². The molecule has 1 heterocycles. The lowest BCUT2D eigenvalue weighted by Gasteiger charge is -2.35. The quantitative estimate of drug-likeness (QED) is 0.900. The second-order valence-corrected chi connectivity index (χ2v) is 6.10. The predicted molar refractivity (Wildman–Crippen MR) is 87.9 cm³/mol. The number of hydrogen-bond donors (Lipinski definition) is 1. The Kier molecular flexibility index (Phi) is 5.70.